The number of carbonyl (C=O) groups excluding carboxylic acids is 1. The molecule has 1 atom stereocenters. The number of hydrogen-bond donors (Lipinski definition) is 0. The maximum atomic E-state index is 12.7. The van der Waals surface area contributed by atoms with Gasteiger partial charge in [0.2, 0.25) is 5.91 Å². The number of nitrogens with zero attached hydrogens (tertiary/aromatic N) is 1. The predicted octanol–water partition coefficient (Wildman–Crippen LogP) is 4.88. The Bertz CT molecular complexity index is 675. The van der Waals surface area contributed by atoms with Crippen LogP contribution in [0.25, 0.3) is 0 Å². The summed E-state index contributed by atoms with van der Waals surface area (Å²) in [6, 6.07) is 15.4. The summed E-state index contributed by atoms with van der Waals surface area (Å²) in [6.45, 7) is 5.17. The lowest BCUT2D eigenvalue weighted by atomic mass is 10.2. The number of amides is 1. The standard InChI is InChI=1S/C19H22ClNO2S/c1-4-21(13-15-6-5-7-16(20)12-15)19(22)14(2)24-18-10-8-17(23-3)9-11-18/h5-12,14H,4,13H2,1-3H3. The van der Waals surface area contributed by atoms with Gasteiger partial charge in [-0.3, -0.25) is 4.79 Å². The molecule has 0 fully saturated rings. The summed E-state index contributed by atoms with van der Waals surface area (Å²) in [7, 11) is 1.64. The number of benzene rings is 2. The molecule has 0 heterocycles. The minimum absolute atomic E-state index is 0.123. The van der Waals surface area contributed by atoms with Gasteiger partial charge in [-0.25, -0.2) is 0 Å². The number of rotatable bonds is 7. The zero-order chi connectivity index (χ0) is 17.5. The fraction of sp³-hybridized carbons (Fsp3) is 0.316. The van der Waals surface area contributed by atoms with Crippen LogP contribution in [0.5, 0.6) is 5.75 Å². The predicted molar refractivity (Wildman–Crippen MR) is 101 cm³/mol. The van der Waals surface area contributed by atoms with E-state index in [9.17, 15) is 4.79 Å². The van der Waals surface area contributed by atoms with Crippen molar-refractivity contribution in [3.05, 3.63) is 59.1 Å². The first kappa shape index (κ1) is 18.7. The topological polar surface area (TPSA) is 29.5 Å². The third-order valence-electron chi connectivity index (χ3n) is 3.68. The number of carbonyl (C=O) groups is 1. The van der Waals surface area contributed by atoms with Gasteiger partial charge in [0.05, 0.1) is 12.4 Å². The molecule has 0 saturated heterocycles. The minimum atomic E-state index is -0.155. The van der Waals surface area contributed by atoms with E-state index in [1.807, 2.05) is 67.3 Å². The number of ether oxygens (including phenoxy) is 1. The Kier molecular flexibility index (Phi) is 7.00. The van der Waals surface area contributed by atoms with E-state index in [2.05, 4.69) is 0 Å². The van der Waals surface area contributed by atoms with Crippen molar-refractivity contribution in [2.75, 3.05) is 13.7 Å². The van der Waals surface area contributed by atoms with E-state index >= 15 is 0 Å². The first-order chi connectivity index (χ1) is 11.5. The quantitative estimate of drug-likeness (QED) is 0.657. The van der Waals surface area contributed by atoms with E-state index in [1.54, 1.807) is 18.9 Å². The van der Waals surface area contributed by atoms with Gasteiger partial charge >= 0.3 is 0 Å². The number of halogens is 1. The monoisotopic (exact) mass is 363 g/mol. The van der Waals surface area contributed by atoms with Crippen LogP contribution in [0, 0.1) is 0 Å². The molecule has 2 aromatic carbocycles. The molecule has 1 amide bonds. The Morgan fingerprint density at radius 2 is 1.96 bits per heavy atom. The van der Waals surface area contributed by atoms with Crippen molar-refractivity contribution in [3.8, 4) is 5.75 Å². The second-order valence-electron chi connectivity index (χ2n) is 5.42. The molecule has 0 spiro atoms. The zero-order valence-corrected chi connectivity index (χ0v) is 15.7. The molecule has 5 heteroatoms. The van der Waals surface area contributed by atoms with Gasteiger partial charge in [0.15, 0.2) is 0 Å². The fourth-order valence-corrected chi connectivity index (χ4v) is 3.53. The van der Waals surface area contributed by atoms with Gasteiger partial charge in [-0.2, -0.15) is 0 Å². The second-order valence-corrected chi connectivity index (χ2v) is 7.27. The van der Waals surface area contributed by atoms with Gasteiger partial charge in [-0.15, -0.1) is 11.8 Å². The third kappa shape index (κ3) is 5.18. The smallest absolute Gasteiger partial charge is 0.236 e. The normalized spacial score (nSPS) is 11.8. The molecule has 128 valence electrons. The van der Waals surface area contributed by atoms with Crippen LogP contribution in [0.2, 0.25) is 5.02 Å². The lowest BCUT2D eigenvalue weighted by Crippen LogP contribution is -2.35. The summed E-state index contributed by atoms with van der Waals surface area (Å²) < 4.78 is 5.16. The molecule has 3 nitrogen and oxygen atoms in total. The largest absolute Gasteiger partial charge is 0.497 e. The first-order valence-corrected chi connectivity index (χ1v) is 9.13. The van der Waals surface area contributed by atoms with Gasteiger partial charge in [0.25, 0.3) is 0 Å². The summed E-state index contributed by atoms with van der Waals surface area (Å²) in [6.07, 6.45) is 0. The fourth-order valence-electron chi connectivity index (χ4n) is 2.37. The van der Waals surface area contributed by atoms with Crippen LogP contribution in [0.3, 0.4) is 0 Å². The highest BCUT2D eigenvalue weighted by Gasteiger charge is 2.20. The molecule has 2 aromatic rings. The van der Waals surface area contributed by atoms with Crippen molar-refractivity contribution >= 4 is 29.3 Å². The van der Waals surface area contributed by atoms with E-state index < -0.39 is 0 Å². The highest BCUT2D eigenvalue weighted by Crippen LogP contribution is 2.27. The van der Waals surface area contributed by atoms with E-state index in [0.29, 0.717) is 18.1 Å². The molecular weight excluding hydrogens is 342 g/mol. The van der Waals surface area contributed by atoms with Gasteiger partial charge < -0.3 is 9.64 Å². The Morgan fingerprint density at radius 1 is 1.25 bits per heavy atom. The molecule has 0 N–H and O–H groups in total. The van der Waals surface area contributed by atoms with Crippen LogP contribution >= 0.6 is 23.4 Å². The lowest BCUT2D eigenvalue weighted by molar-refractivity contribution is -0.130. The maximum absolute atomic E-state index is 12.7. The SMILES string of the molecule is CCN(Cc1cccc(Cl)c1)C(=O)C(C)Sc1ccc(OC)cc1. The molecule has 24 heavy (non-hydrogen) atoms. The van der Waals surface area contributed by atoms with E-state index in [-0.39, 0.29) is 11.2 Å². The van der Waals surface area contributed by atoms with Crippen molar-refractivity contribution in [1.82, 2.24) is 4.90 Å². The number of hydrogen-bond acceptors (Lipinski definition) is 3. The molecule has 0 bridgehead atoms. The van der Waals surface area contributed by atoms with Crippen LogP contribution in [-0.4, -0.2) is 29.7 Å². The van der Waals surface area contributed by atoms with Crippen molar-refractivity contribution in [2.24, 2.45) is 0 Å². The Labute approximate surface area is 153 Å². The molecule has 0 aliphatic carbocycles. The maximum Gasteiger partial charge on any atom is 0.236 e. The highest BCUT2D eigenvalue weighted by molar-refractivity contribution is 8.00. The van der Waals surface area contributed by atoms with Gasteiger partial charge in [-0.1, -0.05) is 23.7 Å². The molecule has 0 radical (unpaired) electrons. The average molecular weight is 364 g/mol. The summed E-state index contributed by atoms with van der Waals surface area (Å²) in [5.74, 6) is 0.938. The Hall–Kier alpha value is -1.65. The Balaban J connectivity index is 2.00. The lowest BCUT2D eigenvalue weighted by Gasteiger charge is -2.24. The molecule has 1 unspecified atom stereocenters. The van der Waals surface area contributed by atoms with E-state index in [0.717, 1.165) is 16.2 Å². The van der Waals surface area contributed by atoms with Crippen molar-refractivity contribution < 1.29 is 9.53 Å². The zero-order valence-electron chi connectivity index (χ0n) is 14.2. The van der Waals surface area contributed by atoms with Crippen LogP contribution in [0.1, 0.15) is 19.4 Å². The summed E-state index contributed by atoms with van der Waals surface area (Å²) in [5, 5.41) is 0.536. The van der Waals surface area contributed by atoms with E-state index in [1.165, 1.54) is 0 Å². The van der Waals surface area contributed by atoms with Crippen LogP contribution in [0.15, 0.2) is 53.4 Å². The molecule has 2 rings (SSSR count). The van der Waals surface area contributed by atoms with E-state index in [4.69, 9.17) is 16.3 Å². The molecule has 0 aromatic heterocycles. The first-order valence-electron chi connectivity index (χ1n) is 7.87. The molecule has 0 aliphatic heterocycles. The van der Waals surface area contributed by atoms with Crippen molar-refractivity contribution in [1.29, 1.82) is 0 Å². The summed E-state index contributed by atoms with van der Waals surface area (Å²) in [4.78, 5) is 15.6. The van der Waals surface area contributed by atoms with Crippen molar-refractivity contribution in [2.45, 2.75) is 30.5 Å². The van der Waals surface area contributed by atoms with Gasteiger partial charge in [-0.05, 0) is 55.8 Å². The van der Waals surface area contributed by atoms with Gasteiger partial charge in [0.1, 0.15) is 5.75 Å². The molecular formula is C19H22ClNO2S. The molecule has 0 saturated carbocycles. The average Bonchev–Trinajstić information content (AvgIpc) is 2.59. The summed E-state index contributed by atoms with van der Waals surface area (Å²) in [5.41, 5.74) is 1.04. The number of methoxy groups -OCH3 is 1. The Morgan fingerprint density at radius 3 is 2.54 bits per heavy atom. The highest BCUT2D eigenvalue weighted by atomic mass is 35.5. The van der Waals surface area contributed by atoms with Crippen LogP contribution in [0.4, 0.5) is 0 Å². The van der Waals surface area contributed by atoms with Gasteiger partial charge in [0, 0.05) is 23.0 Å². The van der Waals surface area contributed by atoms with Crippen LogP contribution in [-0.2, 0) is 11.3 Å². The van der Waals surface area contributed by atoms with Crippen LogP contribution < -0.4 is 4.74 Å². The minimum Gasteiger partial charge on any atom is -0.497 e. The molecule has 0 aliphatic rings. The number of thioether (sulfide) groups is 1. The second kappa shape index (κ2) is 9.00. The third-order valence-corrected chi connectivity index (χ3v) is 5.01. The summed E-state index contributed by atoms with van der Waals surface area (Å²) >= 11 is 7.58. The van der Waals surface area contributed by atoms with Crippen molar-refractivity contribution in [3.63, 3.8) is 0 Å².